The van der Waals surface area contributed by atoms with Crippen molar-refractivity contribution in [3.63, 3.8) is 0 Å². The van der Waals surface area contributed by atoms with Crippen LogP contribution in [0.3, 0.4) is 0 Å². The largest absolute Gasteiger partial charge is 0.372 e. The average molecular weight is 339 g/mol. The standard InChI is InChI=1S/C16H13BrF2O/c17-14-8-9-15(18)13(16(14)19)11-20-10-4-7-12-5-2-1-3-6-12/h1-9H,10-11H2/b7-4+. The molecule has 20 heavy (non-hydrogen) atoms. The Hall–Kier alpha value is -1.52. The summed E-state index contributed by atoms with van der Waals surface area (Å²) in [6.07, 6.45) is 3.71. The Morgan fingerprint density at radius 3 is 2.55 bits per heavy atom. The minimum atomic E-state index is -0.614. The maximum absolute atomic E-state index is 13.7. The van der Waals surface area contributed by atoms with Gasteiger partial charge in [-0.3, -0.25) is 0 Å². The van der Waals surface area contributed by atoms with Crippen LogP contribution in [-0.2, 0) is 11.3 Å². The van der Waals surface area contributed by atoms with Crippen LogP contribution < -0.4 is 0 Å². The number of benzene rings is 2. The number of halogens is 3. The lowest BCUT2D eigenvalue weighted by molar-refractivity contribution is 0.143. The third-order valence-corrected chi connectivity index (χ3v) is 3.32. The SMILES string of the molecule is Fc1ccc(Br)c(F)c1COC/C=C/c1ccccc1. The van der Waals surface area contributed by atoms with Gasteiger partial charge in [-0.1, -0.05) is 42.5 Å². The molecule has 0 aromatic heterocycles. The molecule has 0 fully saturated rings. The summed E-state index contributed by atoms with van der Waals surface area (Å²) < 4.78 is 32.6. The molecule has 4 heteroatoms. The average Bonchev–Trinajstić information content (AvgIpc) is 2.47. The topological polar surface area (TPSA) is 9.23 Å². The summed E-state index contributed by atoms with van der Waals surface area (Å²) in [6.45, 7) is 0.191. The molecule has 0 atom stereocenters. The lowest BCUT2D eigenvalue weighted by atomic mass is 10.2. The van der Waals surface area contributed by atoms with Gasteiger partial charge in [0.15, 0.2) is 0 Å². The van der Waals surface area contributed by atoms with Gasteiger partial charge in [-0.25, -0.2) is 8.78 Å². The lowest BCUT2D eigenvalue weighted by Gasteiger charge is -2.06. The highest BCUT2D eigenvalue weighted by molar-refractivity contribution is 9.10. The molecule has 2 aromatic carbocycles. The van der Waals surface area contributed by atoms with Crippen molar-refractivity contribution in [3.8, 4) is 0 Å². The van der Waals surface area contributed by atoms with Gasteiger partial charge in [0.25, 0.3) is 0 Å². The Balaban J connectivity index is 1.88. The van der Waals surface area contributed by atoms with Gasteiger partial charge in [-0.2, -0.15) is 0 Å². The Kier molecular flexibility index (Phi) is 5.44. The molecule has 2 aromatic rings. The van der Waals surface area contributed by atoms with Crippen molar-refractivity contribution in [2.75, 3.05) is 6.61 Å². The van der Waals surface area contributed by atoms with Crippen molar-refractivity contribution in [3.05, 3.63) is 75.8 Å². The zero-order valence-electron chi connectivity index (χ0n) is 10.7. The summed E-state index contributed by atoms with van der Waals surface area (Å²) in [6, 6.07) is 12.3. The minimum Gasteiger partial charge on any atom is -0.372 e. The van der Waals surface area contributed by atoms with Crippen LogP contribution in [-0.4, -0.2) is 6.61 Å². The summed E-state index contributed by atoms with van der Waals surface area (Å²) >= 11 is 3.02. The predicted octanol–water partition coefficient (Wildman–Crippen LogP) is 4.96. The number of hydrogen-bond acceptors (Lipinski definition) is 1. The Bertz CT molecular complexity index is 597. The van der Waals surface area contributed by atoms with Crippen LogP contribution in [0.5, 0.6) is 0 Å². The van der Waals surface area contributed by atoms with Crippen molar-refractivity contribution in [2.24, 2.45) is 0 Å². The van der Waals surface area contributed by atoms with Crippen LogP contribution in [0.4, 0.5) is 8.78 Å². The van der Waals surface area contributed by atoms with Crippen molar-refractivity contribution >= 4 is 22.0 Å². The summed E-state index contributed by atoms with van der Waals surface area (Å²) in [7, 11) is 0. The predicted molar refractivity (Wildman–Crippen MR) is 79.2 cm³/mol. The maximum Gasteiger partial charge on any atom is 0.145 e. The highest BCUT2D eigenvalue weighted by atomic mass is 79.9. The second-order valence-corrected chi connectivity index (χ2v) is 5.00. The molecular weight excluding hydrogens is 326 g/mol. The zero-order chi connectivity index (χ0) is 14.4. The summed E-state index contributed by atoms with van der Waals surface area (Å²) in [5, 5.41) is 0. The van der Waals surface area contributed by atoms with E-state index in [1.165, 1.54) is 12.1 Å². The Morgan fingerprint density at radius 2 is 1.80 bits per heavy atom. The molecule has 0 aliphatic rings. The summed E-state index contributed by atoms with van der Waals surface area (Å²) in [5.41, 5.74) is 0.989. The van der Waals surface area contributed by atoms with E-state index in [9.17, 15) is 8.78 Å². The fraction of sp³-hybridized carbons (Fsp3) is 0.125. The quantitative estimate of drug-likeness (QED) is 0.553. The van der Waals surface area contributed by atoms with E-state index < -0.39 is 11.6 Å². The summed E-state index contributed by atoms with van der Waals surface area (Å²) in [4.78, 5) is 0. The van der Waals surface area contributed by atoms with E-state index in [0.29, 0.717) is 6.61 Å². The number of rotatable bonds is 5. The van der Waals surface area contributed by atoms with E-state index in [-0.39, 0.29) is 16.6 Å². The highest BCUT2D eigenvalue weighted by Gasteiger charge is 2.11. The molecule has 0 N–H and O–H groups in total. The van der Waals surface area contributed by atoms with Crippen LogP contribution in [0.15, 0.2) is 53.0 Å². The van der Waals surface area contributed by atoms with Crippen LogP contribution in [0, 0.1) is 11.6 Å². The Labute approximate surface area is 125 Å². The van der Waals surface area contributed by atoms with E-state index in [0.717, 1.165) is 5.56 Å². The maximum atomic E-state index is 13.7. The normalized spacial score (nSPS) is 11.2. The second kappa shape index (κ2) is 7.31. The molecule has 104 valence electrons. The molecule has 0 amide bonds. The highest BCUT2D eigenvalue weighted by Crippen LogP contribution is 2.22. The molecule has 0 aliphatic heterocycles. The first kappa shape index (κ1) is 14.9. The van der Waals surface area contributed by atoms with Crippen LogP contribution in [0.1, 0.15) is 11.1 Å². The molecule has 0 aliphatic carbocycles. The van der Waals surface area contributed by atoms with Crippen LogP contribution in [0.2, 0.25) is 0 Å². The molecule has 0 unspecified atom stereocenters. The third kappa shape index (κ3) is 3.99. The first-order valence-electron chi connectivity index (χ1n) is 6.10. The van der Waals surface area contributed by atoms with Crippen molar-refractivity contribution < 1.29 is 13.5 Å². The fourth-order valence-corrected chi connectivity index (χ4v) is 2.05. The Morgan fingerprint density at radius 1 is 1.05 bits per heavy atom. The van der Waals surface area contributed by atoms with Gasteiger partial charge in [0.05, 0.1) is 23.2 Å². The zero-order valence-corrected chi connectivity index (χ0v) is 12.2. The van der Waals surface area contributed by atoms with Crippen molar-refractivity contribution in [2.45, 2.75) is 6.61 Å². The van der Waals surface area contributed by atoms with Crippen LogP contribution in [0.25, 0.3) is 6.08 Å². The third-order valence-electron chi connectivity index (χ3n) is 2.71. The van der Waals surface area contributed by atoms with Gasteiger partial charge in [0, 0.05) is 0 Å². The molecule has 0 spiro atoms. The van der Waals surface area contributed by atoms with Crippen molar-refractivity contribution in [1.29, 1.82) is 0 Å². The second-order valence-electron chi connectivity index (χ2n) is 4.15. The fourth-order valence-electron chi connectivity index (χ4n) is 1.68. The minimum absolute atomic E-state index is 0.0625. The van der Waals surface area contributed by atoms with Gasteiger partial charge >= 0.3 is 0 Å². The molecule has 0 saturated carbocycles. The van der Waals surface area contributed by atoms with Gasteiger partial charge < -0.3 is 4.74 Å². The lowest BCUT2D eigenvalue weighted by Crippen LogP contribution is -2.00. The van der Waals surface area contributed by atoms with E-state index >= 15 is 0 Å². The van der Waals surface area contributed by atoms with Crippen molar-refractivity contribution in [1.82, 2.24) is 0 Å². The van der Waals surface area contributed by atoms with Gasteiger partial charge in [0.2, 0.25) is 0 Å². The monoisotopic (exact) mass is 338 g/mol. The molecule has 0 radical (unpaired) electrons. The molecular formula is C16H13BrF2O. The van der Waals surface area contributed by atoms with E-state index in [2.05, 4.69) is 15.9 Å². The van der Waals surface area contributed by atoms with Crippen LogP contribution >= 0.6 is 15.9 Å². The molecule has 0 heterocycles. The van der Waals surface area contributed by atoms with E-state index in [4.69, 9.17) is 4.74 Å². The summed E-state index contributed by atoms with van der Waals surface area (Å²) in [5.74, 6) is -1.21. The smallest absolute Gasteiger partial charge is 0.145 e. The number of hydrogen-bond donors (Lipinski definition) is 0. The molecule has 0 bridgehead atoms. The van der Waals surface area contributed by atoms with E-state index in [1.807, 2.05) is 42.5 Å². The van der Waals surface area contributed by atoms with Gasteiger partial charge in [-0.15, -0.1) is 0 Å². The van der Waals surface area contributed by atoms with Gasteiger partial charge in [0.1, 0.15) is 11.6 Å². The molecule has 0 saturated heterocycles. The van der Waals surface area contributed by atoms with Gasteiger partial charge in [-0.05, 0) is 33.6 Å². The van der Waals surface area contributed by atoms with E-state index in [1.54, 1.807) is 0 Å². The number of ether oxygens (including phenoxy) is 1. The molecule has 2 rings (SSSR count). The molecule has 1 nitrogen and oxygen atoms in total. The first-order valence-corrected chi connectivity index (χ1v) is 6.89. The first-order chi connectivity index (χ1) is 9.68.